The number of hydrogen-bond acceptors (Lipinski definition) is 7. The standard InChI is InChI=1S/C23H25FN4O8S/c1-2-11-37(35,36)27-10-9-26(23(32)16-6-3-7-17(24)12-16)22(27)21(31)25-19(14-20(29)30)15-5-4-8-18(13-15)28(33)34/h3-8,12-13,19,22H,2,9-11,14H2,1H3,(H,25,31)(H,29,30). The molecule has 1 saturated heterocycles. The SMILES string of the molecule is CCCS(=O)(=O)N1CCN(C(=O)c2cccc(F)c2)C1C(=O)NC(CC(=O)O)c1cccc([N+](=O)[O-])c1. The molecule has 0 aromatic heterocycles. The van der Waals surface area contributed by atoms with Crippen LogP contribution in [0.15, 0.2) is 48.5 Å². The van der Waals surface area contributed by atoms with Crippen LogP contribution in [0, 0.1) is 15.9 Å². The van der Waals surface area contributed by atoms with Gasteiger partial charge in [-0.15, -0.1) is 0 Å². The summed E-state index contributed by atoms with van der Waals surface area (Å²) in [6.07, 6.45) is -2.11. The summed E-state index contributed by atoms with van der Waals surface area (Å²) in [6.45, 7) is 1.25. The molecule has 3 rings (SSSR count). The number of nitrogens with zero attached hydrogens (tertiary/aromatic N) is 3. The van der Waals surface area contributed by atoms with Gasteiger partial charge in [0.1, 0.15) is 5.82 Å². The summed E-state index contributed by atoms with van der Waals surface area (Å²) in [7, 11) is -4.00. The van der Waals surface area contributed by atoms with Gasteiger partial charge >= 0.3 is 5.97 Å². The maximum atomic E-state index is 13.7. The molecule has 37 heavy (non-hydrogen) atoms. The minimum absolute atomic E-state index is 0.103. The number of carbonyl (C=O) groups is 3. The number of sulfonamides is 1. The Morgan fingerprint density at radius 3 is 2.51 bits per heavy atom. The lowest BCUT2D eigenvalue weighted by Crippen LogP contribution is -2.54. The van der Waals surface area contributed by atoms with E-state index in [1.807, 2.05) is 0 Å². The average molecular weight is 537 g/mol. The highest BCUT2D eigenvalue weighted by atomic mass is 32.2. The van der Waals surface area contributed by atoms with Crippen molar-refractivity contribution >= 4 is 33.5 Å². The van der Waals surface area contributed by atoms with Crippen molar-refractivity contribution in [3.05, 3.63) is 75.6 Å². The number of non-ortho nitro benzene ring substituents is 1. The summed E-state index contributed by atoms with van der Waals surface area (Å²) in [4.78, 5) is 49.7. The summed E-state index contributed by atoms with van der Waals surface area (Å²) < 4.78 is 40.5. The second-order valence-corrected chi connectivity index (χ2v) is 10.4. The Kier molecular flexibility index (Phi) is 8.55. The van der Waals surface area contributed by atoms with Crippen molar-refractivity contribution < 1.29 is 37.2 Å². The van der Waals surface area contributed by atoms with Crippen molar-refractivity contribution in [2.75, 3.05) is 18.8 Å². The molecule has 2 atom stereocenters. The fourth-order valence-electron chi connectivity index (χ4n) is 4.07. The molecular weight excluding hydrogens is 511 g/mol. The van der Waals surface area contributed by atoms with E-state index < -0.39 is 57.2 Å². The topological polar surface area (TPSA) is 167 Å². The zero-order chi connectivity index (χ0) is 27.3. The lowest BCUT2D eigenvalue weighted by molar-refractivity contribution is -0.384. The van der Waals surface area contributed by atoms with Crippen LogP contribution in [-0.4, -0.2) is 70.4 Å². The molecule has 1 aliphatic rings. The van der Waals surface area contributed by atoms with E-state index in [1.165, 1.54) is 30.3 Å². The van der Waals surface area contributed by atoms with Crippen molar-refractivity contribution in [3.63, 3.8) is 0 Å². The van der Waals surface area contributed by atoms with Crippen LogP contribution < -0.4 is 5.32 Å². The normalized spacial score (nSPS) is 16.8. The first-order valence-electron chi connectivity index (χ1n) is 11.3. The van der Waals surface area contributed by atoms with Crippen LogP contribution in [0.3, 0.4) is 0 Å². The van der Waals surface area contributed by atoms with E-state index >= 15 is 0 Å². The molecule has 14 heteroatoms. The summed E-state index contributed by atoms with van der Waals surface area (Å²) in [6, 6.07) is 8.42. The number of amides is 2. The number of aliphatic carboxylic acids is 1. The highest BCUT2D eigenvalue weighted by Crippen LogP contribution is 2.26. The second-order valence-electron chi connectivity index (χ2n) is 8.32. The Hall–Kier alpha value is -3.91. The molecule has 2 N–H and O–H groups in total. The van der Waals surface area contributed by atoms with Crippen LogP contribution in [0.4, 0.5) is 10.1 Å². The molecule has 1 aliphatic heterocycles. The highest BCUT2D eigenvalue weighted by Gasteiger charge is 2.46. The number of nitro benzene ring substituents is 1. The highest BCUT2D eigenvalue weighted by molar-refractivity contribution is 7.89. The van der Waals surface area contributed by atoms with E-state index in [2.05, 4.69) is 5.32 Å². The minimum atomic E-state index is -4.00. The van der Waals surface area contributed by atoms with Gasteiger partial charge in [-0.3, -0.25) is 24.5 Å². The van der Waals surface area contributed by atoms with Crippen molar-refractivity contribution in [3.8, 4) is 0 Å². The number of carboxylic acids is 1. The number of carbonyl (C=O) groups excluding carboxylic acids is 2. The lowest BCUT2D eigenvalue weighted by atomic mass is 10.0. The van der Waals surface area contributed by atoms with Gasteiger partial charge in [0.05, 0.1) is 23.1 Å². The molecule has 0 aliphatic carbocycles. The van der Waals surface area contributed by atoms with Crippen LogP contribution in [0.2, 0.25) is 0 Å². The quantitative estimate of drug-likeness (QED) is 0.343. The van der Waals surface area contributed by atoms with E-state index in [0.29, 0.717) is 0 Å². The largest absolute Gasteiger partial charge is 0.481 e. The van der Waals surface area contributed by atoms with Gasteiger partial charge in [-0.2, -0.15) is 4.31 Å². The molecule has 12 nitrogen and oxygen atoms in total. The fraction of sp³-hybridized carbons (Fsp3) is 0.348. The van der Waals surface area contributed by atoms with Crippen molar-refractivity contribution in [2.45, 2.75) is 32.0 Å². The number of rotatable bonds is 10. The van der Waals surface area contributed by atoms with Gasteiger partial charge in [0.25, 0.3) is 17.5 Å². The summed E-state index contributed by atoms with van der Waals surface area (Å²) in [5.74, 6) is -4.12. The molecule has 1 heterocycles. The molecule has 2 amide bonds. The molecule has 1 fully saturated rings. The lowest BCUT2D eigenvalue weighted by Gasteiger charge is -2.30. The molecular formula is C23H25FN4O8S. The number of nitro groups is 1. The fourth-order valence-corrected chi connectivity index (χ4v) is 5.70. The smallest absolute Gasteiger partial charge is 0.305 e. The molecule has 0 spiro atoms. The van der Waals surface area contributed by atoms with Gasteiger partial charge in [-0.1, -0.05) is 25.1 Å². The first-order chi connectivity index (χ1) is 17.4. The Morgan fingerprint density at radius 2 is 1.89 bits per heavy atom. The Morgan fingerprint density at radius 1 is 1.19 bits per heavy atom. The molecule has 0 saturated carbocycles. The molecule has 2 aromatic rings. The van der Waals surface area contributed by atoms with Crippen LogP contribution in [-0.2, 0) is 19.6 Å². The van der Waals surface area contributed by atoms with Crippen LogP contribution in [0.5, 0.6) is 0 Å². The van der Waals surface area contributed by atoms with E-state index in [9.17, 15) is 42.4 Å². The van der Waals surface area contributed by atoms with Crippen molar-refractivity contribution in [1.29, 1.82) is 0 Å². The predicted molar refractivity (Wildman–Crippen MR) is 128 cm³/mol. The van der Waals surface area contributed by atoms with E-state index in [4.69, 9.17) is 0 Å². The van der Waals surface area contributed by atoms with Gasteiger partial charge in [0, 0.05) is 30.8 Å². The maximum Gasteiger partial charge on any atom is 0.305 e. The van der Waals surface area contributed by atoms with E-state index in [0.717, 1.165) is 27.4 Å². The Labute approximate surface area is 211 Å². The molecule has 0 radical (unpaired) electrons. The molecule has 2 unspecified atom stereocenters. The zero-order valence-corrected chi connectivity index (χ0v) is 20.6. The van der Waals surface area contributed by atoms with Crippen LogP contribution >= 0.6 is 0 Å². The third-order valence-electron chi connectivity index (χ3n) is 5.69. The van der Waals surface area contributed by atoms with Crippen molar-refractivity contribution in [1.82, 2.24) is 14.5 Å². The average Bonchev–Trinajstić information content (AvgIpc) is 3.29. The number of halogens is 1. The Balaban J connectivity index is 2.00. The minimum Gasteiger partial charge on any atom is -0.481 e. The van der Waals surface area contributed by atoms with Gasteiger partial charge in [0.15, 0.2) is 6.17 Å². The molecule has 2 aromatic carbocycles. The third kappa shape index (κ3) is 6.46. The van der Waals surface area contributed by atoms with Gasteiger partial charge < -0.3 is 15.3 Å². The number of hydrogen-bond donors (Lipinski definition) is 2. The maximum absolute atomic E-state index is 13.7. The first kappa shape index (κ1) is 27.7. The number of benzene rings is 2. The van der Waals surface area contributed by atoms with Gasteiger partial charge in [0.2, 0.25) is 10.0 Å². The molecule has 198 valence electrons. The van der Waals surface area contributed by atoms with E-state index in [1.54, 1.807) is 6.92 Å². The second kappa shape index (κ2) is 11.4. The van der Waals surface area contributed by atoms with Crippen molar-refractivity contribution in [2.24, 2.45) is 0 Å². The monoisotopic (exact) mass is 536 g/mol. The first-order valence-corrected chi connectivity index (χ1v) is 12.9. The number of nitrogens with one attached hydrogen (secondary N) is 1. The van der Waals surface area contributed by atoms with Crippen LogP contribution in [0.1, 0.15) is 41.7 Å². The van der Waals surface area contributed by atoms with Gasteiger partial charge in [-0.05, 0) is 30.2 Å². The van der Waals surface area contributed by atoms with Crippen LogP contribution in [0.25, 0.3) is 0 Å². The summed E-state index contributed by atoms with van der Waals surface area (Å²) in [5.41, 5.74) is -0.333. The zero-order valence-electron chi connectivity index (χ0n) is 19.7. The summed E-state index contributed by atoms with van der Waals surface area (Å²) >= 11 is 0. The van der Waals surface area contributed by atoms with Gasteiger partial charge in [-0.25, -0.2) is 12.8 Å². The summed E-state index contributed by atoms with van der Waals surface area (Å²) in [5, 5.41) is 23.0. The number of carboxylic acid groups (broad SMARTS) is 1. The molecule has 0 bridgehead atoms. The Bertz CT molecular complexity index is 1320. The predicted octanol–water partition coefficient (Wildman–Crippen LogP) is 1.89. The van der Waals surface area contributed by atoms with E-state index in [-0.39, 0.29) is 42.1 Å². The third-order valence-corrected chi connectivity index (χ3v) is 7.72.